The number of hydrogen-bond donors (Lipinski definition) is 2. The van der Waals surface area contributed by atoms with Crippen molar-refractivity contribution in [2.75, 3.05) is 44.2 Å². The second-order valence-electron chi connectivity index (χ2n) is 15.2. The van der Waals surface area contributed by atoms with Crippen molar-refractivity contribution in [3.63, 3.8) is 0 Å². The van der Waals surface area contributed by atoms with Gasteiger partial charge in [0.2, 0.25) is 5.91 Å². The average molecular weight is 663 g/mol. The average Bonchev–Trinajstić information content (AvgIpc) is 3.40. The van der Waals surface area contributed by atoms with Crippen LogP contribution in [0.3, 0.4) is 0 Å². The second kappa shape index (κ2) is 13.1. The molecule has 3 unspecified atom stereocenters. The molecular weight excluding hydrogens is 612 g/mol. The molecule has 2 saturated carbocycles. The number of para-hydroxylation sites is 1. The predicted molar refractivity (Wildman–Crippen MR) is 192 cm³/mol. The zero-order valence-corrected chi connectivity index (χ0v) is 29.2. The molecule has 4 aliphatic rings. The first-order valence-corrected chi connectivity index (χ1v) is 18.3. The van der Waals surface area contributed by atoms with Gasteiger partial charge in [0.05, 0.1) is 11.6 Å². The number of amides is 2. The summed E-state index contributed by atoms with van der Waals surface area (Å²) in [6, 6.07) is 15.9. The quantitative estimate of drug-likeness (QED) is 0.315. The molecule has 6 atom stereocenters. The number of anilines is 1. The first-order chi connectivity index (χ1) is 23.6. The van der Waals surface area contributed by atoms with Crippen molar-refractivity contribution in [1.82, 2.24) is 14.8 Å². The number of piperazine rings is 1. The number of benzene rings is 2. The highest BCUT2D eigenvalue weighted by molar-refractivity contribution is 5.97. The Labute approximate surface area is 290 Å². The number of aliphatic hydroxyl groups is 2. The molecule has 7 rings (SSSR count). The standard InChI is InChI=1S/C41H50N4O4/c1-5-19-45(39(48)36-14-12-28-9-7-8-10-35(28)42-36)26-38(47)44-22-20-43(21-23-44)37-25-33-29(24-32(37)27(3)46)11-13-31-30(33)15-17-40(4)34(31)16-18-41(40,49)6-2/h2,7-10,12,14,24-25,27,30-31,34,46,49H,5,11,13,15-23,26H2,1,3-4H3/t27?,30?,31-,34?,40+,41+/m1/s1. The number of carbonyl (C=O) groups excluding carboxylic acids is 2. The highest BCUT2D eigenvalue weighted by Gasteiger charge is 2.61. The van der Waals surface area contributed by atoms with Crippen molar-refractivity contribution in [2.45, 2.75) is 83.3 Å². The maximum Gasteiger partial charge on any atom is 0.272 e. The van der Waals surface area contributed by atoms with E-state index in [2.05, 4.69) is 34.9 Å². The molecule has 1 aromatic heterocycles. The minimum atomic E-state index is -1.02. The summed E-state index contributed by atoms with van der Waals surface area (Å²) in [5, 5.41) is 23.3. The smallest absolute Gasteiger partial charge is 0.272 e. The first-order valence-electron chi connectivity index (χ1n) is 18.3. The molecule has 8 nitrogen and oxygen atoms in total. The van der Waals surface area contributed by atoms with Gasteiger partial charge in [0, 0.05) is 54.8 Å². The fourth-order valence-corrected chi connectivity index (χ4v) is 9.82. The van der Waals surface area contributed by atoms with Crippen LogP contribution in [0.5, 0.6) is 0 Å². The SMILES string of the molecule is C#C[C@]1(O)CCC2[C@@H]3CCc4cc(C(C)O)c(N5CCN(C(=O)CN(CCC)C(=O)c6ccc7ccccc7n6)CC5)cc4C3CC[C@@]21C. The Hall–Kier alpha value is -3.93. The maximum absolute atomic E-state index is 13.6. The summed E-state index contributed by atoms with van der Waals surface area (Å²) < 4.78 is 0. The molecule has 0 spiro atoms. The van der Waals surface area contributed by atoms with Crippen molar-refractivity contribution in [2.24, 2.45) is 17.3 Å². The van der Waals surface area contributed by atoms with Gasteiger partial charge in [0.25, 0.3) is 5.91 Å². The number of fused-ring (bicyclic) bond motifs is 6. The summed E-state index contributed by atoms with van der Waals surface area (Å²) >= 11 is 0. The number of rotatable bonds is 7. The molecule has 2 N–H and O–H groups in total. The Bertz CT molecular complexity index is 1790. The van der Waals surface area contributed by atoms with Crippen LogP contribution in [0.4, 0.5) is 5.69 Å². The number of aromatic nitrogens is 1. The molecule has 49 heavy (non-hydrogen) atoms. The largest absolute Gasteiger partial charge is 0.389 e. The zero-order valence-electron chi connectivity index (χ0n) is 29.2. The number of aryl methyl sites for hydroxylation is 1. The van der Waals surface area contributed by atoms with Crippen LogP contribution in [0.15, 0.2) is 48.5 Å². The molecule has 8 heteroatoms. The topological polar surface area (TPSA) is 97.2 Å². The molecule has 2 amide bonds. The van der Waals surface area contributed by atoms with Crippen molar-refractivity contribution in [3.05, 3.63) is 70.9 Å². The molecule has 1 saturated heterocycles. The van der Waals surface area contributed by atoms with Crippen LogP contribution >= 0.6 is 0 Å². The molecule has 258 valence electrons. The van der Waals surface area contributed by atoms with E-state index in [1.54, 1.807) is 11.0 Å². The number of carbonyl (C=O) groups is 2. The molecular formula is C41H50N4O4. The van der Waals surface area contributed by atoms with Gasteiger partial charge in [-0.25, -0.2) is 4.98 Å². The number of aliphatic hydroxyl groups excluding tert-OH is 1. The number of pyridine rings is 1. The third kappa shape index (κ3) is 5.79. The van der Waals surface area contributed by atoms with E-state index in [9.17, 15) is 19.8 Å². The molecule has 0 radical (unpaired) electrons. The lowest BCUT2D eigenvalue weighted by Gasteiger charge is -2.52. The van der Waals surface area contributed by atoms with Gasteiger partial charge in [-0.05, 0) is 98.9 Å². The van der Waals surface area contributed by atoms with Gasteiger partial charge in [-0.2, -0.15) is 0 Å². The van der Waals surface area contributed by atoms with Gasteiger partial charge >= 0.3 is 0 Å². The second-order valence-corrected chi connectivity index (χ2v) is 15.2. The van der Waals surface area contributed by atoms with E-state index in [1.165, 1.54) is 11.1 Å². The van der Waals surface area contributed by atoms with Crippen molar-refractivity contribution < 1.29 is 19.8 Å². The summed E-state index contributed by atoms with van der Waals surface area (Å²) in [5.41, 5.74) is 4.60. The first kappa shape index (κ1) is 33.6. The van der Waals surface area contributed by atoms with Gasteiger partial charge in [0.1, 0.15) is 17.8 Å². The van der Waals surface area contributed by atoms with Gasteiger partial charge in [-0.15, -0.1) is 6.42 Å². The summed E-state index contributed by atoms with van der Waals surface area (Å²) in [4.78, 5) is 37.5. The highest BCUT2D eigenvalue weighted by atomic mass is 16.3. The molecule has 2 aromatic carbocycles. The summed E-state index contributed by atoms with van der Waals surface area (Å²) in [6.07, 6.45) is 11.7. The Balaban J connectivity index is 1.05. The molecule has 3 fully saturated rings. The van der Waals surface area contributed by atoms with Gasteiger partial charge < -0.3 is 24.9 Å². The molecule has 2 heterocycles. The fourth-order valence-electron chi connectivity index (χ4n) is 9.82. The number of nitrogens with zero attached hydrogens (tertiary/aromatic N) is 4. The lowest BCUT2D eigenvalue weighted by atomic mass is 9.53. The summed E-state index contributed by atoms with van der Waals surface area (Å²) in [7, 11) is 0. The molecule has 3 aliphatic carbocycles. The van der Waals surface area contributed by atoms with Gasteiger partial charge in [-0.1, -0.05) is 50.1 Å². The van der Waals surface area contributed by atoms with Crippen LogP contribution in [0.25, 0.3) is 10.9 Å². The molecule has 1 aliphatic heterocycles. The van der Waals surface area contributed by atoms with Crippen LogP contribution in [-0.2, 0) is 11.2 Å². The molecule has 3 aromatic rings. The van der Waals surface area contributed by atoms with Crippen LogP contribution in [0, 0.1) is 29.6 Å². The fraction of sp³-hybridized carbons (Fsp3) is 0.537. The number of terminal acetylenes is 1. The highest BCUT2D eigenvalue weighted by Crippen LogP contribution is 2.64. The van der Waals surface area contributed by atoms with Crippen LogP contribution < -0.4 is 4.90 Å². The van der Waals surface area contributed by atoms with E-state index in [-0.39, 0.29) is 23.8 Å². The van der Waals surface area contributed by atoms with E-state index >= 15 is 0 Å². The third-order valence-corrected chi connectivity index (χ3v) is 12.6. The predicted octanol–water partition coefficient (Wildman–Crippen LogP) is 5.71. The Morgan fingerprint density at radius 1 is 1.08 bits per heavy atom. The van der Waals surface area contributed by atoms with E-state index < -0.39 is 11.7 Å². The minimum Gasteiger partial charge on any atom is -0.389 e. The lowest BCUT2D eigenvalue weighted by molar-refractivity contribution is -0.132. The Kier molecular flexibility index (Phi) is 8.96. The Morgan fingerprint density at radius 3 is 2.59 bits per heavy atom. The van der Waals surface area contributed by atoms with E-state index in [4.69, 9.17) is 6.42 Å². The third-order valence-electron chi connectivity index (χ3n) is 12.6. The van der Waals surface area contributed by atoms with Crippen molar-refractivity contribution in [1.29, 1.82) is 0 Å². The zero-order chi connectivity index (χ0) is 34.5. The van der Waals surface area contributed by atoms with E-state index in [0.29, 0.717) is 62.6 Å². The lowest BCUT2D eigenvalue weighted by Crippen LogP contribution is -2.52. The van der Waals surface area contributed by atoms with E-state index in [0.717, 1.165) is 60.7 Å². The van der Waals surface area contributed by atoms with Gasteiger partial charge in [-0.3, -0.25) is 9.59 Å². The van der Waals surface area contributed by atoms with E-state index in [1.807, 2.05) is 49.1 Å². The normalized spacial score (nSPS) is 28.3. The van der Waals surface area contributed by atoms with Gasteiger partial charge in [0.15, 0.2) is 0 Å². The molecule has 0 bridgehead atoms. The van der Waals surface area contributed by atoms with Crippen LogP contribution in [0.2, 0.25) is 0 Å². The van der Waals surface area contributed by atoms with Crippen LogP contribution in [-0.4, -0.2) is 81.7 Å². The monoisotopic (exact) mass is 662 g/mol. The summed E-state index contributed by atoms with van der Waals surface area (Å²) in [5.74, 6) is 3.83. The maximum atomic E-state index is 13.6. The van der Waals surface area contributed by atoms with Crippen LogP contribution in [0.1, 0.15) is 98.5 Å². The van der Waals surface area contributed by atoms with Crippen molar-refractivity contribution >= 4 is 28.4 Å². The minimum absolute atomic E-state index is 0.0247. The summed E-state index contributed by atoms with van der Waals surface area (Å²) in [6.45, 7) is 8.98. The Morgan fingerprint density at radius 2 is 1.86 bits per heavy atom. The number of hydrogen-bond acceptors (Lipinski definition) is 6. The van der Waals surface area contributed by atoms with Crippen molar-refractivity contribution in [3.8, 4) is 12.3 Å².